The molecule has 0 amide bonds. The Kier molecular flexibility index (Phi) is 4.70. The van der Waals surface area contributed by atoms with Crippen molar-refractivity contribution in [2.75, 3.05) is 20.4 Å². The van der Waals surface area contributed by atoms with E-state index in [-0.39, 0.29) is 0 Å². The van der Waals surface area contributed by atoms with Crippen LogP contribution < -0.4 is 4.74 Å². The number of alkyl halides is 1. The van der Waals surface area contributed by atoms with Gasteiger partial charge in [0.05, 0.1) is 31.0 Å². The summed E-state index contributed by atoms with van der Waals surface area (Å²) >= 11 is 9.56. The van der Waals surface area contributed by atoms with Crippen molar-refractivity contribution in [3.63, 3.8) is 0 Å². The van der Waals surface area contributed by atoms with Gasteiger partial charge in [0.25, 0.3) is 0 Å². The highest BCUT2D eigenvalue weighted by Crippen LogP contribution is 2.33. The summed E-state index contributed by atoms with van der Waals surface area (Å²) < 4.78 is 26.6. The molecule has 1 aliphatic heterocycles. The van der Waals surface area contributed by atoms with E-state index in [4.69, 9.17) is 21.1 Å². The minimum atomic E-state index is -0.515. The molecule has 2 heterocycles. The van der Waals surface area contributed by atoms with Gasteiger partial charge in [0.1, 0.15) is 29.0 Å². The van der Waals surface area contributed by atoms with Crippen molar-refractivity contribution in [2.45, 2.75) is 19.1 Å². The molecule has 0 radical (unpaired) electrons. The predicted molar refractivity (Wildman–Crippen MR) is 86.3 cm³/mol. The van der Waals surface area contributed by atoms with Crippen LogP contribution in [-0.4, -0.2) is 36.0 Å². The minimum Gasteiger partial charge on any atom is -0.495 e. The Morgan fingerprint density at radius 1 is 1.55 bits per heavy atom. The molecule has 0 bridgehead atoms. The molecule has 1 atom stereocenters. The summed E-state index contributed by atoms with van der Waals surface area (Å²) in [7, 11) is 1.57. The fraction of sp³-hybridized carbons (Fsp3) is 0.400. The summed E-state index contributed by atoms with van der Waals surface area (Å²) in [6, 6.07) is 5.48. The molecule has 4 nitrogen and oxygen atoms in total. The van der Waals surface area contributed by atoms with Crippen molar-refractivity contribution in [1.82, 2.24) is 9.55 Å². The van der Waals surface area contributed by atoms with Crippen molar-refractivity contribution >= 4 is 27.5 Å². The van der Waals surface area contributed by atoms with Crippen LogP contribution in [0.4, 0.5) is 4.39 Å². The average Bonchev–Trinajstić information content (AvgIpc) is 2.72. The molecule has 118 valence electrons. The van der Waals surface area contributed by atoms with E-state index < -0.39 is 12.8 Å². The summed E-state index contributed by atoms with van der Waals surface area (Å²) in [6.45, 7) is 0.408. The number of rotatable bonds is 3. The second-order valence-electron chi connectivity index (χ2n) is 5.03. The average molecular weight is 390 g/mol. The number of hydrogen-bond acceptors (Lipinski definition) is 3. The fourth-order valence-corrected chi connectivity index (χ4v) is 3.36. The van der Waals surface area contributed by atoms with Crippen LogP contribution in [0.5, 0.6) is 5.75 Å². The third-order valence-electron chi connectivity index (χ3n) is 3.68. The van der Waals surface area contributed by atoms with Crippen LogP contribution in [0.1, 0.15) is 5.69 Å². The molecular formula is C15H15BrClFN2O2. The van der Waals surface area contributed by atoms with Gasteiger partial charge in [-0.3, -0.25) is 0 Å². The standard InChI is InChI=1S/C15H15BrClFN2O2/c1-21-13-6-9(2-3-11(13)17)15-19-14(16)12-4-5-22-10(7-18)8-20(12)15/h2-3,6,10H,4-5,7-8H2,1H3/t10-/m1/s1. The second-order valence-corrected chi connectivity index (χ2v) is 6.19. The molecule has 1 aromatic carbocycles. The third kappa shape index (κ3) is 2.87. The number of aromatic nitrogens is 2. The van der Waals surface area contributed by atoms with E-state index in [0.717, 1.165) is 21.7 Å². The van der Waals surface area contributed by atoms with Crippen LogP contribution in [0.3, 0.4) is 0 Å². The highest BCUT2D eigenvalue weighted by Gasteiger charge is 2.24. The Labute approximate surface area is 141 Å². The Hall–Kier alpha value is -1.11. The molecule has 22 heavy (non-hydrogen) atoms. The first-order chi connectivity index (χ1) is 10.6. The maximum Gasteiger partial charge on any atom is 0.141 e. The lowest BCUT2D eigenvalue weighted by atomic mass is 10.2. The van der Waals surface area contributed by atoms with Crippen molar-refractivity contribution in [3.05, 3.63) is 33.5 Å². The summed E-state index contributed by atoms with van der Waals surface area (Å²) in [4.78, 5) is 4.58. The third-order valence-corrected chi connectivity index (χ3v) is 4.63. The molecule has 0 saturated carbocycles. The first-order valence-corrected chi connectivity index (χ1v) is 8.07. The van der Waals surface area contributed by atoms with Gasteiger partial charge in [-0.25, -0.2) is 9.37 Å². The number of ether oxygens (including phenoxy) is 2. The number of nitrogens with zero attached hydrogens (tertiary/aromatic N) is 2. The first kappa shape index (κ1) is 15.8. The fourth-order valence-electron chi connectivity index (χ4n) is 2.58. The van der Waals surface area contributed by atoms with E-state index in [1.807, 2.05) is 16.7 Å². The molecule has 7 heteroatoms. The minimum absolute atomic E-state index is 0.435. The molecule has 2 aromatic rings. The zero-order chi connectivity index (χ0) is 15.7. The number of hydrogen-bond donors (Lipinski definition) is 0. The van der Waals surface area contributed by atoms with Gasteiger partial charge < -0.3 is 14.0 Å². The smallest absolute Gasteiger partial charge is 0.141 e. The molecule has 0 unspecified atom stereocenters. The lowest BCUT2D eigenvalue weighted by Crippen LogP contribution is -2.21. The van der Waals surface area contributed by atoms with E-state index in [0.29, 0.717) is 30.3 Å². The summed E-state index contributed by atoms with van der Waals surface area (Å²) in [6.07, 6.45) is 0.240. The summed E-state index contributed by atoms with van der Waals surface area (Å²) in [5.74, 6) is 1.33. The number of fused-ring (bicyclic) bond motifs is 1. The zero-order valence-corrected chi connectivity index (χ0v) is 14.3. The van der Waals surface area contributed by atoms with Crippen LogP contribution in [0.15, 0.2) is 22.8 Å². The van der Waals surface area contributed by atoms with Gasteiger partial charge in [-0.2, -0.15) is 0 Å². The van der Waals surface area contributed by atoms with E-state index >= 15 is 0 Å². The summed E-state index contributed by atoms with van der Waals surface area (Å²) in [5, 5.41) is 0.540. The second kappa shape index (κ2) is 6.56. The van der Waals surface area contributed by atoms with Crippen molar-refractivity contribution in [1.29, 1.82) is 0 Å². The van der Waals surface area contributed by atoms with Crippen LogP contribution in [-0.2, 0) is 17.7 Å². The maximum absolute atomic E-state index is 13.1. The molecule has 3 rings (SSSR count). The molecule has 1 aliphatic rings. The topological polar surface area (TPSA) is 36.3 Å². The largest absolute Gasteiger partial charge is 0.495 e. The number of methoxy groups -OCH3 is 1. The Morgan fingerprint density at radius 2 is 2.36 bits per heavy atom. The van der Waals surface area contributed by atoms with Gasteiger partial charge >= 0.3 is 0 Å². The van der Waals surface area contributed by atoms with E-state index in [2.05, 4.69) is 20.9 Å². The first-order valence-electron chi connectivity index (χ1n) is 6.90. The summed E-state index contributed by atoms with van der Waals surface area (Å²) in [5.41, 5.74) is 1.88. The highest BCUT2D eigenvalue weighted by atomic mass is 79.9. The van der Waals surface area contributed by atoms with Gasteiger partial charge in [0.2, 0.25) is 0 Å². The molecule has 0 fully saturated rings. The van der Waals surface area contributed by atoms with Crippen LogP contribution in [0.25, 0.3) is 11.4 Å². The number of imidazole rings is 1. The molecule has 0 aliphatic carbocycles. The molecule has 0 spiro atoms. The Bertz CT molecular complexity index is 692. The van der Waals surface area contributed by atoms with Crippen molar-refractivity contribution < 1.29 is 13.9 Å². The molecule has 0 N–H and O–H groups in total. The van der Waals surface area contributed by atoms with Gasteiger partial charge in [0, 0.05) is 12.0 Å². The van der Waals surface area contributed by atoms with Gasteiger partial charge in [-0.15, -0.1) is 0 Å². The van der Waals surface area contributed by atoms with Crippen molar-refractivity contribution in [2.24, 2.45) is 0 Å². The lowest BCUT2D eigenvalue weighted by Gasteiger charge is -2.14. The molecule has 1 aromatic heterocycles. The molecular weight excluding hydrogens is 375 g/mol. The van der Waals surface area contributed by atoms with Crippen LogP contribution in [0, 0.1) is 0 Å². The van der Waals surface area contributed by atoms with E-state index in [1.165, 1.54) is 0 Å². The lowest BCUT2D eigenvalue weighted by molar-refractivity contribution is 0.0355. The monoisotopic (exact) mass is 388 g/mol. The highest BCUT2D eigenvalue weighted by molar-refractivity contribution is 9.10. The van der Waals surface area contributed by atoms with Crippen LogP contribution >= 0.6 is 27.5 Å². The van der Waals surface area contributed by atoms with Crippen molar-refractivity contribution in [3.8, 4) is 17.1 Å². The van der Waals surface area contributed by atoms with E-state index in [1.54, 1.807) is 13.2 Å². The zero-order valence-electron chi connectivity index (χ0n) is 12.0. The van der Waals surface area contributed by atoms with Gasteiger partial charge in [-0.05, 0) is 34.1 Å². The SMILES string of the molecule is COc1cc(-c2nc(Br)c3n2C[C@@H](CF)OCC3)ccc1Cl. The van der Waals surface area contributed by atoms with Crippen LogP contribution in [0.2, 0.25) is 5.02 Å². The normalized spacial score (nSPS) is 17.9. The Balaban J connectivity index is 2.08. The van der Waals surface area contributed by atoms with Gasteiger partial charge in [-0.1, -0.05) is 11.6 Å². The quantitative estimate of drug-likeness (QED) is 0.799. The maximum atomic E-state index is 13.1. The number of benzene rings is 1. The number of halogens is 3. The van der Waals surface area contributed by atoms with Gasteiger partial charge in [0.15, 0.2) is 0 Å². The Morgan fingerprint density at radius 3 is 3.09 bits per heavy atom. The van der Waals surface area contributed by atoms with E-state index in [9.17, 15) is 4.39 Å². The predicted octanol–water partition coefficient (Wildman–Crippen LogP) is 3.89. The molecule has 0 saturated heterocycles.